The van der Waals surface area contributed by atoms with E-state index in [1.807, 2.05) is 13.8 Å². The zero-order valence-electron chi connectivity index (χ0n) is 16.9. The third-order valence-electron chi connectivity index (χ3n) is 4.52. The maximum absolute atomic E-state index is 12.6. The molecule has 1 heterocycles. The molecule has 1 amide bonds. The van der Waals surface area contributed by atoms with Gasteiger partial charge in [-0.3, -0.25) is 4.79 Å². The number of carbonyl (C=O) groups excluding carboxylic acids is 2. The average molecular weight is 389 g/mol. The Labute approximate surface area is 169 Å². The predicted octanol–water partition coefficient (Wildman–Crippen LogP) is 4.79. The summed E-state index contributed by atoms with van der Waals surface area (Å²) in [6.45, 7) is 6.14. The zero-order valence-corrected chi connectivity index (χ0v) is 16.9. The Morgan fingerprint density at radius 1 is 0.897 bits per heavy atom. The highest BCUT2D eigenvalue weighted by molar-refractivity contribution is 6.05. The van der Waals surface area contributed by atoms with Gasteiger partial charge >= 0.3 is 5.97 Å². The molecular weight excluding hydrogens is 366 g/mol. The fourth-order valence-corrected chi connectivity index (χ4v) is 3.16. The summed E-state index contributed by atoms with van der Waals surface area (Å²) in [6, 6.07) is 14.1. The Morgan fingerprint density at radius 3 is 2.17 bits per heavy atom. The molecule has 0 aliphatic rings. The van der Waals surface area contributed by atoms with E-state index in [1.54, 1.807) is 42.6 Å². The van der Waals surface area contributed by atoms with Crippen LogP contribution in [-0.2, 0) is 4.74 Å². The summed E-state index contributed by atoms with van der Waals surface area (Å²) in [7, 11) is 1.33. The molecule has 0 saturated carbocycles. The molecule has 0 atom stereocenters. The average Bonchev–Trinajstić information content (AvgIpc) is 2.71. The van der Waals surface area contributed by atoms with Gasteiger partial charge in [-0.15, -0.1) is 0 Å². The van der Waals surface area contributed by atoms with E-state index in [0.717, 1.165) is 16.8 Å². The van der Waals surface area contributed by atoms with Crippen molar-refractivity contribution >= 4 is 29.1 Å². The molecule has 0 radical (unpaired) electrons. The van der Waals surface area contributed by atoms with Crippen LogP contribution in [0.5, 0.6) is 0 Å². The van der Waals surface area contributed by atoms with Gasteiger partial charge in [0.25, 0.3) is 5.91 Å². The molecule has 6 nitrogen and oxygen atoms in total. The largest absolute Gasteiger partial charge is 0.465 e. The third kappa shape index (κ3) is 4.79. The highest BCUT2D eigenvalue weighted by Crippen LogP contribution is 2.25. The van der Waals surface area contributed by atoms with Crippen LogP contribution in [0.1, 0.15) is 37.4 Å². The lowest BCUT2D eigenvalue weighted by molar-refractivity contribution is 0.0600. The highest BCUT2D eigenvalue weighted by Gasteiger charge is 2.11. The molecule has 0 spiro atoms. The first kappa shape index (κ1) is 20.1. The van der Waals surface area contributed by atoms with E-state index in [4.69, 9.17) is 0 Å². The lowest BCUT2D eigenvalue weighted by atomic mass is 10.1. The van der Waals surface area contributed by atoms with E-state index in [-0.39, 0.29) is 5.91 Å². The van der Waals surface area contributed by atoms with Crippen molar-refractivity contribution in [2.45, 2.75) is 20.8 Å². The monoisotopic (exact) mass is 389 g/mol. The van der Waals surface area contributed by atoms with Crippen molar-refractivity contribution in [2.75, 3.05) is 17.7 Å². The number of esters is 1. The number of nitrogens with one attached hydrogen (secondary N) is 2. The summed E-state index contributed by atoms with van der Waals surface area (Å²) in [4.78, 5) is 28.4. The standard InChI is InChI=1S/C23H23N3O3/c1-14-11-15(2)21(16(3)12-14)26-20-13-18(9-10-24-20)22(27)25-19-7-5-17(6-8-19)23(28)29-4/h5-13H,1-4H3,(H,24,26)(H,25,27). The molecule has 0 aliphatic carbocycles. The maximum atomic E-state index is 12.6. The van der Waals surface area contributed by atoms with E-state index < -0.39 is 5.97 Å². The van der Waals surface area contributed by atoms with Crippen LogP contribution in [-0.4, -0.2) is 24.0 Å². The van der Waals surface area contributed by atoms with Crippen molar-refractivity contribution in [3.63, 3.8) is 0 Å². The summed E-state index contributed by atoms with van der Waals surface area (Å²) < 4.78 is 4.67. The zero-order chi connectivity index (χ0) is 21.0. The second-order valence-corrected chi connectivity index (χ2v) is 6.85. The fraction of sp³-hybridized carbons (Fsp3) is 0.174. The Hall–Kier alpha value is -3.67. The van der Waals surface area contributed by atoms with E-state index in [1.165, 1.54) is 12.7 Å². The number of hydrogen-bond acceptors (Lipinski definition) is 5. The van der Waals surface area contributed by atoms with Crippen molar-refractivity contribution in [1.82, 2.24) is 4.98 Å². The summed E-state index contributed by atoms with van der Waals surface area (Å²) in [5.41, 5.74) is 5.89. The van der Waals surface area contributed by atoms with Gasteiger partial charge in [0.05, 0.1) is 12.7 Å². The van der Waals surface area contributed by atoms with Crippen molar-refractivity contribution in [1.29, 1.82) is 0 Å². The number of methoxy groups -OCH3 is 1. The number of amides is 1. The highest BCUT2D eigenvalue weighted by atomic mass is 16.5. The molecule has 1 aromatic heterocycles. The molecule has 29 heavy (non-hydrogen) atoms. The lowest BCUT2D eigenvalue weighted by Crippen LogP contribution is -2.13. The van der Waals surface area contributed by atoms with Gasteiger partial charge < -0.3 is 15.4 Å². The minimum absolute atomic E-state index is 0.265. The van der Waals surface area contributed by atoms with Gasteiger partial charge in [0, 0.05) is 23.1 Å². The van der Waals surface area contributed by atoms with Crippen molar-refractivity contribution in [3.8, 4) is 0 Å². The second-order valence-electron chi connectivity index (χ2n) is 6.85. The number of rotatable bonds is 5. The maximum Gasteiger partial charge on any atom is 0.337 e. The fourth-order valence-electron chi connectivity index (χ4n) is 3.16. The first-order valence-electron chi connectivity index (χ1n) is 9.18. The molecule has 2 N–H and O–H groups in total. The van der Waals surface area contributed by atoms with Crippen LogP contribution in [0.25, 0.3) is 0 Å². The topological polar surface area (TPSA) is 80.3 Å². The molecule has 0 unspecified atom stereocenters. The van der Waals surface area contributed by atoms with Crippen LogP contribution in [0.2, 0.25) is 0 Å². The molecule has 6 heteroatoms. The normalized spacial score (nSPS) is 10.3. The van der Waals surface area contributed by atoms with Crippen LogP contribution in [0.3, 0.4) is 0 Å². The lowest BCUT2D eigenvalue weighted by Gasteiger charge is -2.14. The Balaban J connectivity index is 1.75. The summed E-state index contributed by atoms with van der Waals surface area (Å²) >= 11 is 0. The number of ether oxygens (including phenoxy) is 1. The summed E-state index contributed by atoms with van der Waals surface area (Å²) in [5, 5.41) is 6.13. The molecule has 2 aromatic carbocycles. The van der Waals surface area contributed by atoms with Gasteiger partial charge in [0.2, 0.25) is 0 Å². The van der Waals surface area contributed by atoms with Crippen LogP contribution >= 0.6 is 0 Å². The van der Waals surface area contributed by atoms with E-state index >= 15 is 0 Å². The van der Waals surface area contributed by atoms with Gasteiger partial charge in [0.15, 0.2) is 0 Å². The van der Waals surface area contributed by atoms with Crippen molar-refractivity contribution in [3.05, 3.63) is 82.5 Å². The molecule has 0 saturated heterocycles. The van der Waals surface area contributed by atoms with Gasteiger partial charge in [-0.25, -0.2) is 9.78 Å². The van der Waals surface area contributed by atoms with Crippen LogP contribution in [0, 0.1) is 20.8 Å². The molecule has 3 aromatic rings. The molecule has 0 fully saturated rings. The second kappa shape index (κ2) is 8.56. The number of nitrogens with zero attached hydrogens (tertiary/aromatic N) is 1. The number of aryl methyl sites for hydroxylation is 3. The van der Waals surface area contributed by atoms with Gasteiger partial charge in [0.1, 0.15) is 5.82 Å². The number of benzene rings is 2. The first-order chi connectivity index (χ1) is 13.9. The number of hydrogen-bond donors (Lipinski definition) is 2. The van der Waals surface area contributed by atoms with E-state index in [0.29, 0.717) is 22.6 Å². The van der Waals surface area contributed by atoms with Crippen LogP contribution in [0.15, 0.2) is 54.7 Å². The number of pyridine rings is 1. The molecule has 148 valence electrons. The SMILES string of the molecule is COC(=O)c1ccc(NC(=O)c2ccnc(Nc3c(C)cc(C)cc3C)c2)cc1. The number of anilines is 3. The molecule has 0 bridgehead atoms. The van der Waals surface area contributed by atoms with Crippen molar-refractivity contribution < 1.29 is 14.3 Å². The van der Waals surface area contributed by atoms with E-state index in [2.05, 4.69) is 39.4 Å². The summed E-state index contributed by atoms with van der Waals surface area (Å²) in [6.07, 6.45) is 1.59. The van der Waals surface area contributed by atoms with Crippen molar-refractivity contribution in [2.24, 2.45) is 0 Å². The Bertz CT molecular complexity index is 1040. The predicted molar refractivity (Wildman–Crippen MR) is 114 cm³/mol. The minimum Gasteiger partial charge on any atom is -0.465 e. The van der Waals surface area contributed by atoms with Gasteiger partial charge in [-0.2, -0.15) is 0 Å². The number of aromatic nitrogens is 1. The van der Waals surface area contributed by atoms with E-state index in [9.17, 15) is 9.59 Å². The number of carbonyl (C=O) groups is 2. The quantitative estimate of drug-likeness (QED) is 0.613. The summed E-state index contributed by atoms with van der Waals surface area (Å²) in [5.74, 6) is -0.0956. The Morgan fingerprint density at radius 2 is 1.55 bits per heavy atom. The molecule has 0 aliphatic heterocycles. The minimum atomic E-state index is -0.422. The molecular formula is C23H23N3O3. The smallest absolute Gasteiger partial charge is 0.337 e. The van der Waals surface area contributed by atoms with Crippen LogP contribution in [0.4, 0.5) is 17.2 Å². The van der Waals surface area contributed by atoms with Crippen LogP contribution < -0.4 is 10.6 Å². The Kier molecular flexibility index (Phi) is 5.93. The van der Waals surface area contributed by atoms with Gasteiger partial charge in [-0.1, -0.05) is 17.7 Å². The molecule has 3 rings (SSSR count). The first-order valence-corrected chi connectivity index (χ1v) is 9.18. The van der Waals surface area contributed by atoms with Gasteiger partial charge in [-0.05, 0) is 68.3 Å². The third-order valence-corrected chi connectivity index (χ3v) is 4.52.